The van der Waals surface area contributed by atoms with Crippen LogP contribution in [-0.4, -0.2) is 22.8 Å². The van der Waals surface area contributed by atoms with Crippen LogP contribution in [0.15, 0.2) is 42.6 Å². The summed E-state index contributed by atoms with van der Waals surface area (Å²) in [5.41, 5.74) is 8.93. The van der Waals surface area contributed by atoms with Crippen molar-refractivity contribution < 1.29 is 4.79 Å². The summed E-state index contributed by atoms with van der Waals surface area (Å²) >= 11 is 0. The van der Waals surface area contributed by atoms with Gasteiger partial charge in [-0.15, -0.1) is 0 Å². The predicted molar refractivity (Wildman–Crippen MR) is 80.3 cm³/mol. The molecule has 0 aliphatic carbocycles. The van der Waals surface area contributed by atoms with Gasteiger partial charge in [0.1, 0.15) is 5.69 Å². The van der Waals surface area contributed by atoms with Crippen molar-refractivity contribution in [2.45, 2.75) is 19.9 Å². The maximum absolute atomic E-state index is 12.2. The van der Waals surface area contributed by atoms with Gasteiger partial charge in [-0.1, -0.05) is 31.2 Å². The van der Waals surface area contributed by atoms with Crippen LogP contribution in [-0.2, 0) is 13.0 Å². The van der Waals surface area contributed by atoms with Crippen LogP contribution >= 0.6 is 0 Å². The molecule has 0 saturated carbocycles. The van der Waals surface area contributed by atoms with E-state index in [2.05, 4.69) is 36.2 Å². The average molecular weight is 269 g/mol. The standard InChI is InChI=1S/C16H19N3O/c1-3-12-4-6-13(7-5-12)11-19(2)16(20)15-9-8-14(17)10-18-15/h4-10H,3,11,17H2,1-2H3. The van der Waals surface area contributed by atoms with E-state index >= 15 is 0 Å². The molecule has 1 aromatic carbocycles. The third-order valence-electron chi connectivity index (χ3n) is 3.20. The van der Waals surface area contributed by atoms with Crippen molar-refractivity contribution in [3.05, 3.63) is 59.4 Å². The minimum Gasteiger partial charge on any atom is -0.397 e. The quantitative estimate of drug-likeness (QED) is 0.927. The van der Waals surface area contributed by atoms with Gasteiger partial charge in [-0.2, -0.15) is 0 Å². The molecule has 1 heterocycles. The van der Waals surface area contributed by atoms with Gasteiger partial charge in [0.2, 0.25) is 0 Å². The van der Waals surface area contributed by atoms with Gasteiger partial charge in [0.05, 0.1) is 11.9 Å². The van der Waals surface area contributed by atoms with E-state index in [0.717, 1.165) is 12.0 Å². The molecule has 0 unspecified atom stereocenters. The molecule has 20 heavy (non-hydrogen) atoms. The number of nitrogens with zero attached hydrogens (tertiary/aromatic N) is 2. The van der Waals surface area contributed by atoms with Crippen molar-refractivity contribution in [2.75, 3.05) is 12.8 Å². The van der Waals surface area contributed by atoms with Crippen molar-refractivity contribution in [3.63, 3.8) is 0 Å². The second-order valence-corrected chi connectivity index (χ2v) is 4.81. The van der Waals surface area contributed by atoms with Crippen LogP contribution < -0.4 is 5.73 Å². The molecule has 4 nitrogen and oxygen atoms in total. The number of aryl methyl sites for hydroxylation is 1. The van der Waals surface area contributed by atoms with Gasteiger partial charge in [-0.25, -0.2) is 4.98 Å². The Hall–Kier alpha value is -2.36. The molecule has 0 fully saturated rings. The molecule has 2 rings (SSSR count). The van der Waals surface area contributed by atoms with Gasteiger partial charge < -0.3 is 10.6 Å². The Morgan fingerprint density at radius 2 is 1.80 bits per heavy atom. The van der Waals surface area contributed by atoms with Gasteiger partial charge in [-0.05, 0) is 29.7 Å². The lowest BCUT2D eigenvalue weighted by Gasteiger charge is -2.17. The Labute approximate surface area is 119 Å². The molecular weight excluding hydrogens is 250 g/mol. The fourth-order valence-electron chi connectivity index (χ4n) is 1.95. The highest BCUT2D eigenvalue weighted by Gasteiger charge is 2.13. The molecule has 0 saturated heterocycles. The predicted octanol–water partition coefficient (Wildman–Crippen LogP) is 2.50. The first-order valence-electron chi connectivity index (χ1n) is 6.65. The zero-order valence-corrected chi connectivity index (χ0v) is 11.8. The van der Waals surface area contributed by atoms with Gasteiger partial charge in [-0.3, -0.25) is 4.79 Å². The van der Waals surface area contributed by atoms with E-state index in [0.29, 0.717) is 17.9 Å². The van der Waals surface area contributed by atoms with Crippen molar-refractivity contribution in [2.24, 2.45) is 0 Å². The number of nitrogen functional groups attached to an aromatic ring is 1. The Balaban J connectivity index is 2.04. The van der Waals surface area contributed by atoms with Crippen molar-refractivity contribution in [1.29, 1.82) is 0 Å². The van der Waals surface area contributed by atoms with Crippen molar-refractivity contribution in [1.82, 2.24) is 9.88 Å². The molecule has 0 aliphatic rings. The third-order valence-corrected chi connectivity index (χ3v) is 3.20. The number of aromatic nitrogens is 1. The number of carbonyl (C=O) groups excluding carboxylic acids is 1. The Morgan fingerprint density at radius 1 is 1.15 bits per heavy atom. The number of amides is 1. The smallest absolute Gasteiger partial charge is 0.272 e. The van der Waals surface area contributed by atoms with E-state index in [1.807, 2.05) is 0 Å². The molecular formula is C16H19N3O. The highest BCUT2D eigenvalue weighted by molar-refractivity contribution is 5.92. The summed E-state index contributed by atoms with van der Waals surface area (Å²) in [5.74, 6) is -0.107. The second-order valence-electron chi connectivity index (χ2n) is 4.81. The van der Waals surface area contributed by atoms with Crippen LogP contribution in [0.5, 0.6) is 0 Å². The fourth-order valence-corrected chi connectivity index (χ4v) is 1.95. The van der Waals surface area contributed by atoms with Crippen molar-refractivity contribution >= 4 is 11.6 Å². The minimum atomic E-state index is -0.107. The number of carbonyl (C=O) groups is 1. The van der Waals surface area contributed by atoms with Gasteiger partial charge >= 0.3 is 0 Å². The van der Waals surface area contributed by atoms with E-state index in [1.165, 1.54) is 11.8 Å². The lowest BCUT2D eigenvalue weighted by molar-refractivity contribution is 0.0779. The highest BCUT2D eigenvalue weighted by Crippen LogP contribution is 2.10. The number of hydrogen-bond acceptors (Lipinski definition) is 3. The van der Waals surface area contributed by atoms with Crippen LogP contribution in [0.25, 0.3) is 0 Å². The van der Waals surface area contributed by atoms with E-state index in [9.17, 15) is 4.79 Å². The number of rotatable bonds is 4. The van der Waals surface area contributed by atoms with E-state index < -0.39 is 0 Å². The summed E-state index contributed by atoms with van der Waals surface area (Å²) in [6.07, 6.45) is 2.52. The fraction of sp³-hybridized carbons (Fsp3) is 0.250. The van der Waals surface area contributed by atoms with Gasteiger partial charge in [0.15, 0.2) is 0 Å². The van der Waals surface area contributed by atoms with Crippen LogP contribution in [0, 0.1) is 0 Å². The van der Waals surface area contributed by atoms with Gasteiger partial charge in [0.25, 0.3) is 5.91 Å². The summed E-state index contributed by atoms with van der Waals surface area (Å²) in [4.78, 5) is 17.9. The molecule has 0 radical (unpaired) electrons. The van der Waals surface area contributed by atoms with Crippen LogP contribution in [0.4, 0.5) is 5.69 Å². The van der Waals surface area contributed by atoms with Crippen LogP contribution in [0.2, 0.25) is 0 Å². The number of hydrogen-bond donors (Lipinski definition) is 1. The Kier molecular flexibility index (Phi) is 4.35. The molecule has 0 atom stereocenters. The first-order chi connectivity index (χ1) is 9.60. The first kappa shape index (κ1) is 14.1. The maximum Gasteiger partial charge on any atom is 0.272 e. The molecule has 4 heteroatoms. The largest absolute Gasteiger partial charge is 0.397 e. The molecule has 0 aliphatic heterocycles. The van der Waals surface area contributed by atoms with Crippen LogP contribution in [0.3, 0.4) is 0 Å². The number of benzene rings is 1. The summed E-state index contributed by atoms with van der Waals surface area (Å²) in [7, 11) is 1.77. The number of nitrogens with two attached hydrogens (primary N) is 1. The summed E-state index contributed by atoms with van der Waals surface area (Å²) in [5, 5.41) is 0. The average Bonchev–Trinajstić information content (AvgIpc) is 2.48. The zero-order chi connectivity index (χ0) is 14.5. The van der Waals surface area contributed by atoms with E-state index in [4.69, 9.17) is 5.73 Å². The summed E-state index contributed by atoms with van der Waals surface area (Å²) < 4.78 is 0. The summed E-state index contributed by atoms with van der Waals surface area (Å²) in [6, 6.07) is 11.6. The van der Waals surface area contributed by atoms with Gasteiger partial charge in [0, 0.05) is 13.6 Å². The zero-order valence-electron chi connectivity index (χ0n) is 11.8. The lowest BCUT2D eigenvalue weighted by Crippen LogP contribution is -2.27. The molecule has 2 aromatic rings. The molecule has 2 N–H and O–H groups in total. The maximum atomic E-state index is 12.2. The number of pyridine rings is 1. The Bertz CT molecular complexity index is 576. The summed E-state index contributed by atoms with van der Waals surface area (Å²) in [6.45, 7) is 2.69. The molecule has 0 bridgehead atoms. The SMILES string of the molecule is CCc1ccc(CN(C)C(=O)c2ccc(N)cn2)cc1. The second kappa shape index (κ2) is 6.19. The normalized spacial score (nSPS) is 10.3. The molecule has 104 valence electrons. The number of anilines is 1. The molecule has 0 spiro atoms. The Morgan fingerprint density at radius 3 is 2.35 bits per heavy atom. The minimum absolute atomic E-state index is 0.107. The monoisotopic (exact) mass is 269 g/mol. The van der Waals surface area contributed by atoms with Crippen molar-refractivity contribution in [3.8, 4) is 0 Å². The molecule has 1 aromatic heterocycles. The first-order valence-corrected chi connectivity index (χ1v) is 6.65. The lowest BCUT2D eigenvalue weighted by atomic mass is 10.1. The van der Waals surface area contributed by atoms with Crippen LogP contribution in [0.1, 0.15) is 28.5 Å². The highest BCUT2D eigenvalue weighted by atomic mass is 16.2. The topological polar surface area (TPSA) is 59.2 Å². The van der Waals surface area contributed by atoms with E-state index in [1.54, 1.807) is 24.1 Å². The molecule has 1 amide bonds. The third kappa shape index (κ3) is 3.35. The van der Waals surface area contributed by atoms with E-state index in [-0.39, 0.29) is 5.91 Å².